The van der Waals surface area contributed by atoms with Gasteiger partial charge in [-0.3, -0.25) is 9.59 Å². The second-order valence-corrected chi connectivity index (χ2v) is 12.4. The highest BCUT2D eigenvalue weighted by molar-refractivity contribution is 5.75. The molecule has 2 aromatic carbocycles. The minimum atomic E-state index is -0.383. The van der Waals surface area contributed by atoms with Gasteiger partial charge in [0.1, 0.15) is 23.9 Å². The maximum Gasteiger partial charge on any atom is 0.314 e. The predicted molar refractivity (Wildman–Crippen MR) is 153 cm³/mol. The Morgan fingerprint density at radius 1 is 0.821 bits per heavy atom. The summed E-state index contributed by atoms with van der Waals surface area (Å²) < 4.78 is 16.4. The van der Waals surface area contributed by atoms with E-state index in [0.29, 0.717) is 36.5 Å². The van der Waals surface area contributed by atoms with Crippen molar-refractivity contribution in [3.8, 4) is 17.2 Å². The smallest absolute Gasteiger partial charge is 0.314 e. The number of benzene rings is 2. The highest BCUT2D eigenvalue weighted by Gasteiger charge is 2.23. The Balaban J connectivity index is 1.72. The summed E-state index contributed by atoms with van der Waals surface area (Å²) in [6, 6.07) is 7.23. The number of aromatic hydroxyl groups is 2. The molecular formula is C32H46O7. The highest BCUT2D eigenvalue weighted by Crippen LogP contribution is 2.37. The summed E-state index contributed by atoms with van der Waals surface area (Å²) in [4.78, 5) is 24.7. The average Bonchev–Trinajstić information content (AvgIpc) is 2.82. The molecule has 0 amide bonds. The number of carbonyl (C=O) groups is 2. The van der Waals surface area contributed by atoms with Gasteiger partial charge in [0.15, 0.2) is 0 Å². The number of phenolic OH excluding ortho intramolecular Hbond substituents is 2. The van der Waals surface area contributed by atoms with Crippen LogP contribution in [0.15, 0.2) is 24.3 Å². The number of hydrogen-bond donors (Lipinski definition) is 2. The maximum absolute atomic E-state index is 12.6. The van der Waals surface area contributed by atoms with E-state index < -0.39 is 0 Å². The van der Waals surface area contributed by atoms with E-state index in [4.69, 9.17) is 14.2 Å². The van der Waals surface area contributed by atoms with Crippen LogP contribution in [0.2, 0.25) is 0 Å². The normalized spacial score (nSPS) is 12.7. The quantitative estimate of drug-likeness (QED) is 0.191. The van der Waals surface area contributed by atoms with Crippen molar-refractivity contribution in [3.63, 3.8) is 0 Å². The van der Waals surface area contributed by atoms with Gasteiger partial charge in [0.25, 0.3) is 0 Å². The molecule has 7 nitrogen and oxygen atoms in total. The molecule has 0 aliphatic rings. The minimum absolute atomic E-state index is 0.141. The first-order chi connectivity index (χ1) is 18.0. The third-order valence-corrected chi connectivity index (χ3v) is 6.67. The van der Waals surface area contributed by atoms with Crippen molar-refractivity contribution in [2.24, 2.45) is 5.92 Å². The van der Waals surface area contributed by atoms with E-state index in [2.05, 4.69) is 0 Å². The summed E-state index contributed by atoms with van der Waals surface area (Å²) in [7, 11) is 0. The Hall–Kier alpha value is -3.06. The second-order valence-electron chi connectivity index (χ2n) is 12.4. The van der Waals surface area contributed by atoms with Crippen LogP contribution in [0.1, 0.15) is 89.1 Å². The largest absolute Gasteiger partial charge is 0.507 e. The van der Waals surface area contributed by atoms with Gasteiger partial charge < -0.3 is 24.4 Å². The van der Waals surface area contributed by atoms with Crippen LogP contribution >= 0.6 is 0 Å². The van der Waals surface area contributed by atoms with Crippen molar-refractivity contribution in [1.82, 2.24) is 0 Å². The molecule has 0 aliphatic heterocycles. The van der Waals surface area contributed by atoms with E-state index in [0.717, 1.165) is 22.3 Å². The molecule has 1 atom stereocenters. The van der Waals surface area contributed by atoms with E-state index in [1.165, 1.54) is 0 Å². The number of phenols is 2. The van der Waals surface area contributed by atoms with Crippen molar-refractivity contribution < 1.29 is 34.0 Å². The number of hydrogen-bond acceptors (Lipinski definition) is 7. The van der Waals surface area contributed by atoms with E-state index in [1.54, 1.807) is 26.0 Å². The van der Waals surface area contributed by atoms with Gasteiger partial charge in [0.2, 0.25) is 0 Å². The standard InChI is InChI=1S/C32H46O7/c1-20(30(36)39-24-17-22(3)29(35)26(19-24)32(7,8)9)12-13-37-14-15-38-27(33)11-10-23-16-21(2)28(34)25(18-23)31(4,5)6/h16-20,34-35H,10-15H2,1-9H3. The number of rotatable bonds is 11. The van der Waals surface area contributed by atoms with Crippen LogP contribution in [0.5, 0.6) is 17.2 Å². The van der Waals surface area contributed by atoms with Crippen LogP contribution in [0, 0.1) is 19.8 Å². The predicted octanol–water partition coefficient (Wildman–Crippen LogP) is 6.43. The molecule has 0 aromatic heterocycles. The number of ether oxygens (including phenoxy) is 3. The zero-order valence-electron chi connectivity index (χ0n) is 25.1. The summed E-state index contributed by atoms with van der Waals surface area (Å²) in [6.45, 7) is 18.2. The Kier molecular flexibility index (Phi) is 11.0. The fourth-order valence-electron chi connectivity index (χ4n) is 4.18. The van der Waals surface area contributed by atoms with Gasteiger partial charge >= 0.3 is 11.9 Å². The summed E-state index contributed by atoms with van der Waals surface area (Å²) >= 11 is 0. The lowest BCUT2D eigenvalue weighted by atomic mass is 9.83. The average molecular weight is 543 g/mol. The molecular weight excluding hydrogens is 496 g/mol. The van der Waals surface area contributed by atoms with E-state index in [-0.39, 0.29) is 54.1 Å². The van der Waals surface area contributed by atoms with Gasteiger partial charge in [-0.15, -0.1) is 0 Å². The monoisotopic (exact) mass is 542 g/mol. The summed E-state index contributed by atoms with van der Waals surface area (Å²) in [5, 5.41) is 20.7. The van der Waals surface area contributed by atoms with Crippen LogP contribution in [0.4, 0.5) is 0 Å². The molecule has 216 valence electrons. The minimum Gasteiger partial charge on any atom is -0.507 e. The highest BCUT2D eigenvalue weighted by atomic mass is 16.6. The zero-order valence-corrected chi connectivity index (χ0v) is 25.1. The van der Waals surface area contributed by atoms with E-state index in [9.17, 15) is 19.8 Å². The molecule has 0 bridgehead atoms. The molecule has 0 radical (unpaired) electrons. The Morgan fingerprint density at radius 2 is 1.38 bits per heavy atom. The number of esters is 2. The SMILES string of the molecule is Cc1cc(CCC(=O)OCCOCCC(C)C(=O)Oc2cc(C)c(O)c(C(C)(C)C)c2)cc(C(C)(C)C)c1O. The van der Waals surface area contributed by atoms with Crippen LogP contribution in [0.3, 0.4) is 0 Å². The second kappa shape index (κ2) is 13.3. The van der Waals surface area contributed by atoms with Crippen LogP contribution in [-0.2, 0) is 36.3 Å². The first-order valence-electron chi connectivity index (χ1n) is 13.6. The van der Waals surface area contributed by atoms with Crippen LogP contribution in [0.25, 0.3) is 0 Å². The molecule has 1 unspecified atom stereocenters. The third-order valence-electron chi connectivity index (χ3n) is 6.67. The molecule has 0 aliphatic carbocycles. The summed E-state index contributed by atoms with van der Waals surface area (Å²) in [5.41, 5.74) is 3.54. The first kappa shape index (κ1) is 32.2. The molecule has 2 aromatic rings. The van der Waals surface area contributed by atoms with Crippen molar-refractivity contribution in [1.29, 1.82) is 0 Å². The first-order valence-corrected chi connectivity index (χ1v) is 13.6. The van der Waals surface area contributed by atoms with Gasteiger partial charge in [-0.1, -0.05) is 60.6 Å². The van der Waals surface area contributed by atoms with Gasteiger partial charge in [-0.25, -0.2) is 0 Å². The van der Waals surface area contributed by atoms with Gasteiger partial charge in [0.05, 0.1) is 12.5 Å². The summed E-state index contributed by atoms with van der Waals surface area (Å²) in [5.74, 6) is -0.122. The number of aryl methyl sites for hydroxylation is 3. The molecule has 39 heavy (non-hydrogen) atoms. The molecule has 0 fully saturated rings. The van der Waals surface area contributed by atoms with Crippen LogP contribution < -0.4 is 4.74 Å². The van der Waals surface area contributed by atoms with E-state index >= 15 is 0 Å². The zero-order chi connectivity index (χ0) is 29.5. The molecule has 2 N–H and O–H groups in total. The fourth-order valence-corrected chi connectivity index (χ4v) is 4.18. The van der Waals surface area contributed by atoms with Crippen molar-refractivity contribution in [3.05, 3.63) is 52.1 Å². The lowest BCUT2D eigenvalue weighted by Gasteiger charge is -2.22. The Bertz CT molecular complexity index is 1150. The maximum atomic E-state index is 12.6. The number of carbonyl (C=O) groups excluding carboxylic acids is 2. The van der Waals surface area contributed by atoms with E-state index in [1.807, 2.05) is 60.6 Å². The van der Waals surface area contributed by atoms with Crippen molar-refractivity contribution >= 4 is 11.9 Å². The lowest BCUT2D eigenvalue weighted by molar-refractivity contribution is -0.145. The summed E-state index contributed by atoms with van der Waals surface area (Å²) in [6.07, 6.45) is 1.23. The van der Waals surface area contributed by atoms with Gasteiger partial charge in [-0.05, 0) is 71.9 Å². The molecule has 2 rings (SSSR count). The van der Waals surface area contributed by atoms with Gasteiger partial charge in [0, 0.05) is 18.6 Å². The van der Waals surface area contributed by atoms with Gasteiger partial charge in [-0.2, -0.15) is 0 Å². The van der Waals surface area contributed by atoms with Crippen molar-refractivity contribution in [2.45, 2.75) is 92.4 Å². The Morgan fingerprint density at radius 3 is 1.97 bits per heavy atom. The molecule has 0 heterocycles. The fraction of sp³-hybridized carbons (Fsp3) is 0.562. The molecule has 0 saturated heterocycles. The topological polar surface area (TPSA) is 102 Å². The van der Waals surface area contributed by atoms with Crippen LogP contribution in [-0.4, -0.2) is 42.0 Å². The lowest BCUT2D eigenvalue weighted by Crippen LogP contribution is -2.20. The third kappa shape index (κ3) is 9.57. The molecule has 0 saturated carbocycles. The Labute approximate surface area is 233 Å². The molecule has 0 spiro atoms. The van der Waals surface area contributed by atoms with Crippen molar-refractivity contribution in [2.75, 3.05) is 19.8 Å². The molecule has 7 heteroatoms.